The second-order valence-electron chi connectivity index (χ2n) is 6.43. The quantitative estimate of drug-likeness (QED) is 0.838. The Bertz CT molecular complexity index is 420. The second-order valence-corrected chi connectivity index (χ2v) is 6.43. The van der Waals surface area contributed by atoms with Gasteiger partial charge in [-0.2, -0.15) is 0 Å². The highest BCUT2D eigenvalue weighted by Crippen LogP contribution is 2.31. The molecule has 0 spiro atoms. The summed E-state index contributed by atoms with van der Waals surface area (Å²) in [6, 6.07) is 6.83. The Morgan fingerprint density at radius 2 is 2.06 bits per heavy atom. The first-order valence-electron chi connectivity index (χ1n) is 7.00. The van der Waals surface area contributed by atoms with Gasteiger partial charge in [-0.1, -0.05) is 46.2 Å². The number of aliphatic hydroxyl groups excluding tert-OH is 1. The fourth-order valence-electron chi connectivity index (χ4n) is 2.61. The molecular formula is C16H25NO. The highest BCUT2D eigenvalue weighted by Gasteiger charge is 2.26. The van der Waals surface area contributed by atoms with Gasteiger partial charge in [-0.05, 0) is 29.0 Å². The van der Waals surface area contributed by atoms with Crippen LogP contribution in [0.1, 0.15) is 51.7 Å². The predicted molar refractivity (Wildman–Crippen MR) is 77.2 cm³/mol. The molecule has 100 valence electrons. The molecule has 0 fully saturated rings. The smallest absolute Gasteiger partial charge is 0.0782 e. The molecule has 0 radical (unpaired) electrons. The van der Waals surface area contributed by atoms with Gasteiger partial charge in [-0.25, -0.2) is 0 Å². The van der Waals surface area contributed by atoms with Crippen molar-refractivity contribution in [3.05, 3.63) is 29.3 Å². The predicted octanol–water partition coefficient (Wildman–Crippen LogP) is 3.48. The zero-order valence-corrected chi connectivity index (χ0v) is 12.0. The summed E-state index contributed by atoms with van der Waals surface area (Å²) in [5, 5.41) is 13.7. The van der Waals surface area contributed by atoms with Crippen molar-refractivity contribution in [2.45, 2.75) is 64.5 Å². The summed E-state index contributed by atoms with van der Waals surface area (Å²) in [6.07, 6.45) is 2.65. The van der Waals surface area contributed by atoms with Crippen LogP contribution in [0.4, 0.5) is 5.69 Å². The van der Waals surface area contributed by atoms with Gasteiger partial charge in [0.2, 0.25) is 0 Å². The fraction of sp³-hybridized carbons (Fsp3) is 0.625. The Labute approximate surface area is 110 Å². The van der Waals surface area contributed by atoms with Gasteiger partial charge in [-0.3, -0.25) is 0 Å². The van der Waals surface area contributed by atoms with Crippen molar-refractivity contribution < 1.29 is 5.11 Å². The van der Waals surface area contributed by atoms with E-state index in [-0.39, 0.29) is 17.6 Å². The van der Waals surface area contributed by atoms with Crippen LogP contribution in [0.5, 0.6) is 0 Å². The summed E-state index contributed by atoms with van der Waals surface area (Å²) in [7, 11) is 0. The highest BCUT2D eigenvalue weighted by atomic mass is 16.3. The number of benzene rings is 1. The minimum absolute atomic E-state index is 0.167. The molecule has 1 heterocycles. The molecule has 1 aromatic carbocycles. The summed E-state index contributed by atoms with van der Waals surface area (Å²) in [5.41, 5.74) is 3.96. The van der Waals surface area contributed by atoms with Crippen molar-refractivity contribution in [3.8, 4) is 0 Å². The first-order chi connectivity index (χ1) is 8.41. The van der Waals surface area contributed by atoms with E-state index >= 15 is 0 Å². The number of hydrogen-bond donors (Lipinski definition) is 2. The van der Waals surface area contributed by atoms with Gasteiger partial charge >= 0.3 is 0 Å². The van der Waals surface area contributed by atoms with Crippen LogP contribution in [0.2, 0.25) is 0 Å². The average molecular weight is 247 g/mol. The lowest BCUT2D eigenvalue weighted by Gasteiger charge is -2.33. The van der Waals surface area contributed by atoms with Crippen molar-refractivity contribution in [1.29, 1.82) is 0 Å². The number of anilines is 1. The molecule has 1 aliphatic heterocycles. The molecule has 0 aromatic heterocycles. The molecular weight excluding hydrogens is 222 g/mol. The molecule has 0 bridgehead atoms. The van der Waals surface area contributed by atoms with Gasteiger partial charge in [0, 0.05) is 12.1 Å². The zero-order valence-electron chi connectivity index (χ0n) is 12.0. The van der Waals surface area contributed by atoms with Gasteiger partial charge in [0.05, 0.1) is 12.1 Å². The minimum atomic E-state index is -0.257. The van der Waals surface area contributed by atoms with E-state index in [1.165, 1.54) is 16.8 Å². The molecule has 2 atom stereocenters. The lowest BCUT2D eigenvalue weighted by atomic mass is 9.83. The molecule has 0 saturated heterocycles. The summed E-state index contributed by atoms with van der Waals surface area (Å²) < 4.78 is 0. The molecule has 2 nitrogen and oxygen atoms in total. The van der Waals surface area contributed by atoms with Gasteiger partial charge in [0.1, 0.15) is 0 Å². The van der Waals surface area contributed by atoms with Gasteiger partial charge in [0.15, 0.2) is 0 Å². The van der Waals surface area contributed by atoms with Crippen molar-refractivity contribution in [3.63, 3.8) is 0 Å². The van der Waals surface area contributed by atoms with Crippen molar-refractivity contribution in [2.75, 3.05) is 5.32 Å². The van der Waals surface area contributed by atoms with E-state index in [2.05, 4.69) is 51.2 Å². The van der Waals surface area contributed by atoms with Crippen LogP contribution >= 0.6 is 0 Å². The Kier molecular flexibility index (Phi) is 3.67. The summed E-state index contributed by atoms with van der Waals surface area (Å²) in [4.78, 5) is 0. The molecule has 1 aliphatic rings. The van der Waals surface area contributed by atoms with E-state index in [4.69, 9.17) is 0 Å². The lowest BCUT2D eigenvalue weighted by molar-refractivity contribution is 0.143. The lowest BCUT2D eigenvalue weighted by Crippen LogP contribution is -2.39. The third-order valence-electron chi connectivity index (χ3n) is 3.81. The van der Waals surface area contributed by atoms with E-state index in [1.54, 1.807) is 0 Å². The highest BCUT2D eigenvalue weighted by molar-refractivity contribution is 5.56. The van der Waals surface area contributed by atoms with Crippen LogP contribution in [-0.4, -0.2) is 17.3 Å². The van der Waals surface area contributed by atoms with Crippen LogP contribution in [0.3, 0.4) is 0 Å². The molecule has 0 amide bonds. The molecule has 2 unspecified atom stereocenters. The Morgan fingerprint density at radius 1 is 1.33 bits per heavy atom. The number of aliphatic hydroxyl groups is 1. The van der Waals surface area contributed by atoms with E-state index in [9.17, 15) is 5.11 Å². The number of rotatable bonds is 2. The molecule has 2 heteroatoms. The Morgan fingerprint density at radius 3 is 2.67 bits per heavy atom. The van der Waals surface area contributed by atoms with Crippen LogP contribution in [-0.2, 0) is 11.8 Å². The van der Waals surface area contributed by atoms with Gasteiger partial charge < -0.3 is 10.4 Å². The van der Waals surface area contributed by atoms with Crippen molar-refractivity contribution in [2.24, 2.45) is 0 Å². The number of hydrogen-bond acceptors (Lipinski definition) is 2. The number of fused-ring (bicyclic) bond motifs is 1. The van der Waals surface area contributed by atoms with Crippen LogP contribution in [0.15, 0.2) is 18.2 Å². The SMILES string of the molecule is CCCC1Nc2ccc(C(C)(C)C)cc2CC1O. The van der Waals surface area contributed by atoms with E-state index < -0.39 is 0 Å². The van der Waals surface area contributed by atoms with Crippen molar-refractivity contribution in [1.82, 2.24) is 0 Å². The monoisotopic (exact) mass is 247 g/mol. The minimum Gasteiger partial charge on any atom is -0.391 e. The van der Waals surface area contributed by atoms with E-state index in [1.807, 2.05) is 0 Å². The largest absolute Gasteiger partial charge is 0.391 e. The Hall–Kier alpha value is -1.02. The van der Waals surface area contributed by atoms with Gasteiger partial charge in [-0.15, -0.1) is 0 Å². The molecule has 0 saturated carbocycles. The summed E-state index contributed by atoms with van der Waals surface area (Å²) >= 11 is 0. The topological polar surface area (TPSA) is 32.3 Å². The van der Waals surface area contributed by atoms with Crippen LogP contribution < -0.4 is 5.32 Å². The van der Waals surface area contributed by atoms with Crippen LogP contribution in [0.25, 0.3) is 0 Å². The van der Waals surface area contributed by atoms with E-state index in [0.717, 1.165) is 19.3 Å². The Balaban J connectivity index is 2.26. The third-order valence-corrected chi connectivity index (χ3v) is 3.81. The second kappa shape index (κ2) is 4.93. The number of nitrogens with one attached hydrogen (secondary N) is 1. The maximum absolute atomic E-state index is 10.2. The maximum Gasteiger partial charge on any atom is 0.0782 e. The summed E-state index contributed by atoms with van der Waals surface area (Å²) in [5.74, 6) is 0. The molecule has 18 heavy (non-hydrogen) atoms. The normalized spacial score (nSPS) is 23.4. The molecule has 1 aromatic rings. The van der Waals surface area contributed by atoms with E-state index in [0.29, 0.717) is 0 Å². The van der Waals surface area contributed by atoms with Crippen molar-refractivity contribution >= 4 is 5.69 Å². The zero-order chi connectivity index (χ0) is 13.3. The average Bonchev–Trinajstić information content (AvgIpc) is 2.28. The molecule has 2 rings (SSSR count). The summed E-state index contributed by atoms with van der Waals surface area (Å²) in [6.45, 7) is 8.83. The van der Waals surface area contributed by atoms with Crippen LogP contribution in [0, 0.1) is 0 Å². The molecule has 2 N–H and O–H groups in total. The fourth-order valence-corrected chi connectivity index (χ4v) is 2.61. The third kappa shape index (κ3) is 2.69. The first kappa shape index (κ1) is 13.4. The first-order valence-corrected chi connectivity index (χ1v) is 7.00. The molecule has 0 aliphatic carbocycles. The standard InChI is InChI=1S/C16H25NO/c1-5-6-14-15(18)10-11-9-12(16(2,3)4)7-8-13(11)17-14/h7-9,14-15,17-18H,5-6,10H2,1-4H3. The maximum atomic E-state index is 10.2. The van der Waals surface area contributed by atoms with Gasteiger partial charge in [0.25, 0.3) is 0 Å².